The minimum atomic E-state index is -5.08. The van der Waals surface area contributed by atoms with Crippen molar-refractivity contribution < 1.29 is 32.6 Å². The van der Waals surface area contributed by atoms with Gasteiger partial charge in [-0.05, 0) is 43.9 Å². The second kappa shape index (κ2) is 11.1. The van der Waals surface area contributed by atoms with Gasteiger partial charge in [0.1, 0.15) is 0 Å². The predicted molar refractivity (Wildman–Crippen MR) is 112 cm³/mol. The maximum absolute atomic E-state index is 12.8. The average molecular weight is 452 g/mol. The van der Waals surface area contributed by atoms with Crippen LogP contribution in [0.15, 0.2) is 42.7 Å². The van der Waals surface area contributed by atoms with E-state index in [1.165, 1.54) is 11.1 Å². The highest BCUT2D eigenvalue weighted by atomic mass is 19.4. The zero-order valence-electron chi connectivity index (χ0n) is 18.2. The van der Waals surface area contributed by atoms with Crippen LogP contribution in [0, 0.1) is 19.8 Å². The van der Waals surface area contributed by atoms with Crippen LogP contribution < -0.4 is 0 Å². The Morgan fingerprint density at radius 3 is 2.44 bits per heavy atom. The Hall–Kier alpha value is -2.94. The fourth-order valence-electron chi connectivity index (χ4n) is 3.70. The van der Waals surface area contributed by atoms with Crippen LogP contribution in [0.3, 0.4) is 0 Å². The van der Waals surface area contributed by atoms with Crippen molar-refractivity contribution in [2.45, 2.75) is 39.0 Å². The Labute approximate surface area is 185 Å². The molecule has 1 aromatic carbocycles. The number of methoxy groups -OCH3 is 1. The molecule has 0 unspecified atom stereocenters. The fraction of sp³-hybridized carbons (Fsp3) is 0.435. The molecule has 32 heavy (non-hydrogen) atoms. The largest absolute Gasteiger partial charge is 0.490 e. The summed E-state index contributed by atoms with van der Waals surface area (Å²) in [7, 11) is 1.77. The maximum Gasteiger partial charge on any atom is 0.490 e. The van der Waals surface area contributed by atoms with Gasteiger partial charge >= 0.3 is 12.1 Å². The molecule has 3 rings (SSSR count). The summed E-state index contributed by atoms with van der Waals surface area (Å²) in [6, 6.07) is 10.5. The van der Waals surface area contributed by atoms with E-state index in [4.69, 9.17) is 14.6 Å². The lowest BCUT2D eigenvalue weighted by Gasteiger charge is -2.38. The van der Waals surface area contributed by atoms with Gasteiger partial charge in [-0.15, -0.1) is 0 Å². The highest BCUT2D eigenvalue weighted by Gasteiger charge is 2.38. The first kappa shape index (κ1) is 25.3. The van der Waals surface area contributed by atoms with Crippen LogP contribution in [0.4, 0.5) is 13.2 Å². The van der Waals surface area contributed by atoms with Crippen molar-refractivity contribution >= 4 is 11.9 Å². The summed E-state index contributed by atoms with van der Waals surface area (Å²) in [6.45, 7) is 5.52. The van der Waals surface area contributed by atoms with E-state index < -0.39 is 12.1 Å². The van der Waals surface area contributed by atoms with Crippen molar-refractivity contribution in [1.82, 2.24) is 9.88 Å². The molecular formula is C23H27F3N2O4. The molecule has 2 atom stereocenters. The summed E-state index contributed by atoms with van der Waals surface area (Å²) in [4.78, 5) is 27.8. The second-order valence-corrected chi connectivity index (χ2v) is 7.82. The molecular weight excluding hydrogens is 425 g/mol. The van der Waals surface area contributed by atoms with Crippen molar-refractivity contribution in [2.75, 3.05) is 20.2 Å². The van der Waals surface area contributed by atoms with Gasteiger partial charge < -0.3 is 14.7 Å². The standard InChI is InChI=1S/C21H26N2O2.C2HF3O2/c1-15-5-4-6-17(9-15)11-19-14-23(8-7-20(19)25-3)21(24)18-10-16(2)12-22-13-18;3-2(4,5)1(6)7/h4-6,9-10,12-13,19-20H,7-8,11,14H2,1-3H3;(H,6,7)/t19-,20-;/m0./s1. The minimum Gasteiger partial charge on any atom is -0.475 e. The van der Waals surface area contributed by atoms with Crippen molar-refractivity contribution in [3.05, 3.63) is 65.0 Å². The first-order valence-corrected chi connectivity index (χ1v) is 10.1. The van der Waals surface area contributed by atoms with E-state index in [1.807, 2.05) is 17.9 Å². The van der Waals surface area contributed by atoms with Crippen molar-refractivity contribution in [3.63, 3.8) is 0 Å². The third kappa shape index (κ3) is 7.33. The van der Waals surface area contributed by atoms with Crippen molar-refractivity contribution in [3.8, 4) is 0 Å². The molecule has 0 radical (unpaired) electrons. The Balaban J connectivity index is 0.000000451. The van der Waals surface area contributed by atoms with Crippen LogP contribution in [0.25, 0.3) is 0 Å². The number of rotatable bonds is 4. The molecule has 0 spiro atoms. The fourth-order valence-corrected chi connectivity index (χ4v) is 3.70. The number of halogens is 3. The number of amides is 1. The average Bonchev–Trinajstić information content (AvgIpc) is 2.73. The zero-order chi connectivity index (χ0) is 23.9. The van der Waals surface area contributed by atoms with E-state index in [0.717, 1.165) is 31.5 Å². The third-order valence-corrected chi connectivity index (χ3v) is 5.20. The number of alkyl halides is 3. The lowest BCUT2D eigenvalue weighted by Crippen LogP contribution is -2.47. The zero-order valence-corrected chi connectivity index (χ0v) is 18.2. The van der Waals surface area contributed by atoms with Gasteiger partial charge in [-0.3, -0.25) is 9.78 Å². The van der Waals surface area contributed by atoms with Crippen LogP contribution in [-0.2, 0) is 16.0 Å². The number of nitrogens with zero attached hydrogens (tertiary/aromatic N) is 2. The molecule has 1 aromatic heterocycles. The van der Waals surface area contributed by atoms with Gasteiger partial charge in [0.25, 0.3) is 5.91 Å². The number of aliphatic carboxylic acids is 1. The quantitative estimate of drug-likeness (QED) is 0.757. The summed E-state index contributed by atoms with van der Waals surface area (Å²) >= 11 is 0. The number of hydrogen-bond donors (Lipinski definition) is 1. The number of ether oxygens (including phenoxy) is 1. The van der Waals surface area contributed by atoms with Gasteiger partial charge in [0.05, 0.1) is 11.7 Å². The number of likely N-dealkylation sites (tertiary alicyclic amines) is 1. The predicted octanol–water partition coefficient (Wildman–Crippen LogP) is 4.05. The number of carboxylic acids is 1. The highest BCUT2D eigenvalue weighted by molar-refractivity contribution is 5.94. The number of carbonyl (C=O) groups excluding carboxylic acids is 1. The van der Waals surface area contributed by atoms with E-state index in [0.29, 0.717) is 11.5 Å². The van der Waals surface area contributed by atoms with Crippen LogP contribution in [-0.4, -0.2) is 59.3 Å². The summed E-state index contributed by atoms with van der Waals surface area (Å²) in [6.07, 6.45) is 0.343. The number of piperidine rings is 1. The normalized spacial score (nSPS) is 18.5. The first-order chi connectivity index (χ1) is 15.0. The number of benzene rings is 1. The number of pyridine rings is 1. The summed E-state index contributed by atoms with van der Waals surface area (Å²) in [5.41, 5.74) is 4.25. The van der Waals surface area contributed by atoms with Gasteiger partial charge in [-0.2, -0.15) is 13.2 Å². The molecule has 2 heterocycles. The van der Waals surface area contributed by atoms with E-state index in [1.54, 1.807) is 19.5 Å². The lowest BCUT2D eigenvalue weighted by atomic mass is 9.88. The Morgan fingerprint density at radius 1 is 1.19 bits per heavy atom. The Kier molecular flexibility index (Phi) is 8.77. The molecule has 9 heteroatoms. The van der Waals surface area contributed by atoms with Crippen LogP contribution in [0.1, 0.15) is 33.5 Å². The summed E-state index contributed by atoms with van der Waals surface area (Å²) < 4.78 is 37.4. The number of hydrogen-bond acceptors (Lipinski definition) is 4. The van der Waals surface area contributed by atoms with Gasteiger partial charge in [0, 0.05) is 38.5 Å². The molecule has 6 nitrogen and oxygen atoms in total. The first-order valence-electron chi connectivity index (χ1n) is 10.1. The number of aromatic nitrogens is 1. The molecule has 1 aliphatic heterocycles. The second-order valence-electron chi connectivity index (χ2n) is 7.82. The smallest absolute Gasteiger partial charge is 0.475 e. The van der Waals surface area contributed by atoms with Gasteiger partial charge in [0.2, 0.25) is 0 Å². The van der Waals surface area contributed by atoms with Crippen molar-refractivity contribution in [2.24, 2.45) is 5.92 Å². The van der Waals surface area contributed by atoms with E-state index in [9.17, 15) is 18.0 Å². The molecule has 1 fully saturated rings. The number of carbonyl (C=O) groups is 2. The van der Waals surface area contributed by atoms with Gasteiger partial charge in [0.15, 0.2) is 0 Å². The van der Waals surface area contributed by atoms with E-state index in [2.05, 4.69) is 36.2 Å². The van der Waals surface area contributed by atoms with E-state index in [-0.39, 0.29) is 12.0 Å². The Morgan fingerprint density at radius 2 is 1.88 bits per heavy atom. The van der Waals surface area contributed by atoms with Crippen LogP contribution in [0.2, 0.25) is 0 Å². The molecule has 0 aliphatic carbocycles. The van der Waals surface area contributed by atoms with E-state index >= 15 is 0 Å². The molecule has 1 saturated heterocycles. The van der Waals surface area contributed by atoms with Gasteiger partial charge in [-0.1, -0.05) is 29.8 Å². The molecule has 0 saturated carbocycles. The Bertz CT molecular complexity index is 933. The third-order valence-electron chi connectivity index (χ3n) is 5.20. The van der Waals surface area contributed by atoms with Crippen LogP contribution in [0.5, 0.6) is 0 Å². The molecule has 2 aromatic rings. The number of aryl methyl sites for hydroxylation is 2. The molecule has 174 valence electrons. The minimum absolute atomic E-state index is 0.0694. The summed E-state index contributed by atoms with van der Waals surface area (Å²) in [5, 5.41) is 7.12. The topological polar surface area (TPSA) is 79.7 Å². The highest BCUT2D eigenvalue weighted by Crippen LogP contribution is 2.25. The SMILES string of the molecule is CO[C@H]1CCN(C(=O)c2cncc(C)c2)C[C@@H]1Cc1cccc(C)c1.O=C(O)C(F)(F)F. The molecule has 1 aliphatic rings. The number of carboxylic acid groups (broad SMARTS) is 1. The molecule has 1 amide bonds. The molecule has 1 N–H and O–H groups in total. The van der Waals surface area contributed by atoms with Crippen LogP contribution >= 0.6 is 0 Å². The molecule has 0 bridgehead atoms. The maximum atomic E-state index is 12.8. The van der Waals surface area contributed by atoms with Crippen molar-refractivity contribution in [1.29, 1.82) is 0 Å². The monoisotopic (exact) mass is 452 g/mol. The lowest BCUT2D eigenvalue weighted by molar-refractivity contribution is -0.192. The summed E-state index contributed by atoms with van der Waals surface area (Å²) in [5.74, 6) is -2.38. The van der Waals surface area contributed by atoms with Gasteiger partial charge in [-0.25, -0.2) is 4.79 Å².